The molecule has 32 heavy (non-hydrogen) atoms. The number of sulfonamides is 1. The third-order valence-corrected chi connectivity index (χ3v) is 7.11. The van der Waals surface area contributed by atoms with Crippen LogP contribution in [0.5, 0.6) is 5.75 Å². The molecule has 1 amide bonds. The van der Waals surface area contributed by atoms with Gasteiger partial charge in [0, 0.05) is 26.2 Å². The summed E-state index contributed by atoms with van der Waals surface area (Å²) in [4.78, 5) is 15.0. The van der Waals surface area contributed by atoms with Gasteiger partial charge in [-0.1, -0.05) is 18.2 Å². The number of hydrogen-bond acceptors (Lipinski definition) is 6. The zero-order chi connectivity index (χ0) is 23.1. The maximum Gasteiger partial charge on any atom is 0.268 e. The number of carbonyl (C=O) groups excluding carboxylic acids is 1. The second kappa shape index (κ2) is 10.8. The van der Waals surface area contributed by atoms with Crippen LogP contribution in [0.15, 0.2) is 47.4 Å². The molecule has 1 heterocycles. The molecule has 9 heteroatoms. The van der Waals surface area contributed by atoms with E-state index in [1.54, 1.807) is 36.4 Å². The Labute approximate surface area is 190 Å². The molecule has 3 rings (SSSR count). The summed E-state index contributed by atoms with van der Waals surface area (Å²) in [5.74, 6) is -0.129. The van der Waals surface area contributed by atoms with Gasteiger partial charge in [0.1, 0.15) is 17.2 Å². The lowest BCUT2D eigenvalue weighted by atomic mass is 10.2. The molecule has 1 aliphatic rings. The summed E-state index contributed by atoms with van der Waals surface area (Å²) in [5.41, 5.74) is 2.10. The summed E-state index contributed by atoms with van der Waals surface area (Å²) in [7, 11) is -2.63. The molecule has 0 radical (unpaired) electrons. The largest absolute Gasteiger partial charge is 0.495 e. The first-order valence-electron chi connectivity index (χ1n) is 10.6. The maximum atomic E-state index is 13.7. The Morgan fingerprint density at radius 2 is 1.84 bits per heavy atom. The van der Waals surface area contributed by atoms with Crippen LogP contribution in [0, 0.1) is 13.8 Å². The molecular formula is C23H31N3O5S. The Morgan fingerprint density at radius 3 is 2.53 bits per heavy atom. The molecule has 0 atom stereocenters. The lowest BCUT2D eigenvalue weighted by Gasteiger charge is -2.27. The van der Waals surface area contributed by atoms with Crippen molar-refractivity contribution >= 4 is 21.6 Å². The average Bonchev–Trinajstić information content (AvgIpc) is 2.78. The molecule has 0 spiro atoms. The number of aryl methyl sites for hydroxylation is 2. The zero-order valence-electron chi connectivity index (χ0n) is 18.8. The quantitative estimate of drug-likeness (QED) is 0.614. The summed E-state index contributed by atoms with van der Waals surface area (Å²) in [5, 5.41) is 2.85. The van der Waals surface area contributed by atoms with Crippen LogP contribution in [0.1, 0.15) is 11.1 Å². The van der Waals surface area contributed by atoms with Crippen LogP contribution in [-0.2, 0) is 19.6 Å². The number of morpholine rings is 1. The van der Waals surface area contributed by atoms with Crippen LogP contribution in [0.3, 0.4) is 0 Å². The van der Waals surface area contributed by atoms with Gasteiger partial charge < -0.3 is 14.8 Å². The highest BCUT2D eigenvalue weighted by Crippen LogP contribution is 2.31. The molecule has 0 aromatic heterocycles. The lowest BCUT2D eigenvalue weighted by molar-refractivity contribution is -0.119. The fourth-order valence-electron chi connectivity index (χ4n) is 3.57. The third-order valence-electron chi connectivity index (χ3n) is 5.32. The molecule has 0 unspecified atom stereocenters. The molecule has 0 bridgehead atoms. The Morgan fingerprint density at radius 1 is 1.12 bits per heavy atom. The van der Waals surface area contributed by atoms with Crippen molar-refractivity contribution in [2.45, 2.75) is 18.7 Å². The van der Waals surface area contributed by atoms with E-state index in [1.807, 2.05) is 19.9 Å². The topological polar surface area (TPSA) is 88.2 Å². The van der Waals surface area contributed by atoms with Crippen LogP contribution in [0.2, 0.25) is 0 Å². The van der Waals surface area contributed by atoms with E-state index in [1.165, 1.54) is 7.11 Å². The van der Waals surface area contributed by atoms with Crippen molar-refractivity contribution in [3.8, 4) is 5.75 Å². The Bertz CT molecular complexity index is 1040. The molecule has 1 N–H and O–H groups in total. The first kappa shape index (κ1) is 24.0. The van der Waals surface area contributed by atoms with E-state index in [0.717, 1.165) is 28.5 Å². The highest BCUT2D eigenvalue weighted by molar-refractivity contribution is 7.93. The van der Waals surface area contributed by atoms with Gasteiger partial charge in [-0.15, -0.1) is 0 Å². The van der Waals surface area contributed by atoms with E-state index in [4.69, 9.17) is 9.47 Å². The number of anilines is 1. The van der Waals surface area contributed by atoms with Crippen molar-refractivity contribution in [1.29, 1.82) is 0 Å². The second-order valence-corrected chi connectivity index (χ2v) is 9.64. The third kappa shape index (κ3) is 5.99. The summed E-state index contributed by atoms with van der Waals surface area (Å²) in [6, 6.07) is 12.1. The van der Waals surface area contributed by atoms with Crippen molar-refractivity contribution in [2.75, 3.05) is 57.4 Å². The van der Waals surface area contributed by atoms with E-state index >= 15 is 0 Å². The highest BCUT2D eigenvalue weighted by Gasteiger charge is 2.30. The smallest absolute Gasteiger partial charge is 0.268 e. The van der Waals surface area contributed by atoms with Gasteiger partial charge in [0.15, 0.2) is 0 Å². The van der Waals surface area contributed by atoms with Gasteiger partial charge >= 0.3 is 0 Å². The number of carbonyl (C=O) groups is 1. The number of hydrogen-bond donors (Lipinski definition) is 1. The Kier molecular flexibility index (Phi) is 8.11. The lowest BCUT2D eigenvalue weighted by Crippen LogP contribution is -2.45. The molecule has 1 saturated heterocycles. The number of nitrogens with one attached hydrogen (secondary N) is 1. The Balaban J connectivity index is 1.82. The van der Waals surface area contributed by atoms with Gasteiger partial charge in [-0.2, -0.15) is 0 Å². The van der Waals surface area contributed by atoms with Crippen molar-refractivity contribution in [3.05, 3.63) is 53.6 Å². The van der Waals surface area contributed by atoms with Gasteiger partial charge in [-0.05, 0) is 49.2 Å². The molecule has 2 aromatic carbocycles. The van der Waals surface area contributed by atoms with Crippen LogP contribution < -0.4 is 14.4 Å². The fraction of sp³-hybridized carbons (Fsp3) is 0.435. The van der Waals surface area contributed by atoms with E-state index < -0.39 is 10.0 Å². The van der Waals surface area contributed by atoms with Crippen molar-refractivity contribution < 1.29 is 22.7 Å². The maximum absolute atomic E-state index is 13.7. The number of methoxy groups -OCH3 is 1. The number of benzene rings is 2. The number of ether oxygens (including phenoxy) is 2. The molecular weight excluding hydrogens is 430 g/mol. The van der Waals surface area contributed by atoms with E-state index in [2.05, 4.69) is 10.2 Å². The van der Waals surface area contributed by atoms with E-state index in [-0.39, 0.29) is 23.1 Å². The normalized spacial score (nSPS) is 14.7. The molecule has 174 valence electrons. The molecule has 0 saturated carbocycles. The van der Waals surface area contributed by atoms with E-state index in [0.29, 0.717) is 32.0 Å². The summed E-state index contributed by atoms with van der Waals surface area (Å²) in [6.07, 6.45) is 0. The minimum atomic E-state index is -4.06. The van der Waals surface area contributed by atoms with Gasteiger partial charge in [0.2, 0.25) is 5.91 Å². The molecule has 8 nitrogen and oxygen atoms in total. The van der Waals surface area contributed by atoms with Gasteiger partial charge in [0.25, 0.3) is 10.0 Å². The van der Waals surface area contributed by atoms with Gasteiger partial charge in [-0.25, -0.2) is 8.42 Å². The number of rotatable bonds is 9. The Hall–Kier alpha value is -2.62. The zero-order valence-corrected chi connectivity index (χ0v) is 19.7. The number of amides is 1. The van der Waals surface area contributed by atoms with Crippen LogP contribution >= 0.6 is 0 Å². The molecule has 0 aliphatic carbocycles. The summed E-state index contributed by atoms with van der Waals surface area (Å²) < 4.78 is 39.1. The predicted molar refractivity (Wildman–Crippen MR) is 124 cm³/mol. The number of nitrogens with zero attached hydrogens (tertiary/aromatic N) is 2. The molecule has 1 fully saturated rings. The first-order chi connectivity index (χ1) is 15.3. The monoisotopic (exact) mass is 461 g/mol. The summed E-state index contributed by atoms with van der Waals surface area (Å²) >= 11 is 0. The first-order valence-corrected chi connectivity index (χ1v) is 12.1. The van der Waals surface area contributed by atoms with Gasteiger partial charge in [-0.3, -0.25) is 14.0 Å². The van der Waals surface area contributed by atoms with Gasteiger partial charge in [0.05, 0.1) is 26.0 Å². The standard InChI is InChI=1S/C23H31N3O5S/c1-18-5-4-6-20(15-18)26(17-23(27)24-9-10-25-11-13-31-14-12-25)32(28,29)22-16-19(2)7-8-21(22)30-3/h4-8,15-16H,9-14,17H2,1-3H3,(H,24,27). The summed E-state index contributed by atoms with van der Waals surface area (Å²) in [6.45, 7) is 7.52. The van der Waals surface area contributed by atoms with Crippen molar-refractivity contribution in [3.63, 3.8) is 0 Å². The second-order valence-electron chi connectivity index (χ2n) is 7.81. The van der Waals surface area contributed by atoms with Crippen molar-refractivity contribution in [1.82, 2.24) is 10.2 Å². The highest BCUT2D eigenvalue weighted by atomic mass is 32.2. The van der Waals surface area contributed by atoms with Crippen molar-refractivity contribution in [2.24, 2.45) is 0 Å². The van der Waals surface area contributed by atoms with E-state index in [9.17, 15) is 13.2 Å². The van der Waals surface area contributed by atoms with Crippen LogP contribution in [0.4, 0.5) is 5.69 Å². The minimum Gasteiger partial charge on any atom is -0.495 e. The molecule has 2 aromatic rings. The van der Waals surface area contributed by atoms with Crippen LogP contribution in [-0.4, -0.2) is 72.3 Å². The minimum absolute atomic E-state index is 0.0302. The predicted octanol–water partition coefficient (Wildman–Crippen LogP) is 1.96. The van der Waals surface area contributed by atoms with Crippen LogP contribution in [0.25, 0.3) is 0 Å². The molecule has 1 aliphatic heterocycles. The fourth-order valence-corrected chi connectivity index (χ4v) is 5.22. The SMILES string of the molecule is COc1ccc(C)cc1S(=O)(=O)N(CC(=O)NCCN1CCOCC1)c1cccc(C)c1. The average molecular weight is 462 g/mol.